The van der Waals surface area contributed by atoms with Gasteiger partial charge in [-0.2, -0.15) is 5.10 Å². The molecule has 0 saturated heterocycles. The van der Waals surface area contributed by atoms with Gasteiger partial charge in [-0.1, -0.05) is 23.2 Å². The highest BCUT2D eigenvalue weighted by Gasteiger charge is 2.36. The highest BCUT2D eigenvalue weighted by atomic mass is 35.5. The molecule has 9 heteroatoms. The standard InChI is InChI=1S/C18H18Cl2N4O3/c1-4-27-17(25)14-9(2)21-18(26)22-15(14)13-10(3)23-24(16(13)20)12-7-5-11(19)6-8-12/h5-8,15H,4H2,1-3H3,(H2,21,22,26). The van der Waals surface area contributed by atoms with Gasteiger partial charge >= 0.3 is 12.0 Å². The summed E-state index contributed by atoms with van der Waals surface area (Å²) in [6.45, 7) is 5.34. The van der Waals surface area contributed by atoms with E-state index in [1.54, 1.807) is 45.0 Å². The van der Waals surface area contributed by atoms with Crippen molar-refractivity contribution in [2.45, 2.75) is 26.8 Å². The minimum Gasteiger partial charge on any atom is -0.463 e. The number of amides is 2. The summed E-state index contributed by atoms with van der Waals surface area (Å²) < 4.78 is 6.69. The zero-order chi connectivity index (χ0) is 19.7. The molecule has 0 aliphatic carbocycles. The van der Waals surface area contributed by atoms with E-state index in [0.717, 1.165) is 0 Å². The number of nitrogens with one attached hydrogen (secondary N) is 2. The average molecular weight is 409 g/mol. The molecular formula is C18H18Cl2N4O3. The summed E-state index contributed by atoms with van der Waals surface area (Å²) in [6.07, 6.45) is 0. The summed E-state index contributed by atoms with van der Waals surface area (Å²) in [5.74, 6) is -0.526. The molecule has 0 bridgehead atoms. The lowest BCUT2D eigenvalue weighted by atomic mass is 9.96. The molecule has 1 unspecified atom stereocenters. The summed E-state index contributed by atoms with van der Waals surface area (Å²) in [5, 5.41) is 10.7. The number of nitrogens with zero attached hydrogens (tertiary/aromatic N) is 2. The molecule has 1 aromatic heterocycles. The first-order valence-corrected chi connectivity index (χ1v) is 9.05. The number of carbonyl (C=O) groups excluding carboxylic acids is 2. The van der Waals surface area contributed by atoms with Crippen molar-refractivity contribution in [2.24, 2.45) is 0 Å². The lowest BCUT2D eigenvalue weighted by Gasteiger charge is -2.27. The molecule has 1 aliphatic rings. The maximum atomic E-state index is 12.5. The minimum atomic E-state index is -0.772. The number of allylic oxidation sites excluding steroid dienone is 1. The van der Waals surface area contributed by atoms with Crippen LogP contribution in [0, 0.1) is 6.92 Å². The van der Waals surface area contributed by atoms with Crippen molar-refractivity contribution in [3.8, 4) is 5.69 Å². The first kappa shape index (κ1) is 19.3. The number of rotatable bonds is 4. The topological polar surface area (TPSA) is 85.2 Å². The Balaban J connectivity index is 2.11. The van der Waals surface area contributed by atoms with E-state index in [1.165, 1.54) is 4.68 Å². The Hall–Kier alpha value is -2.51. The number of hydrogen-bond acceptors (Lipinski definition) is 4. The van der Waals surface area contributed by atoms with Crippen molar-refractivity contribution < 1.29 is 14.3 Å². The molecule has 2 amide bonds. The van der Waals surface area contributed by atoms with Crippen molar-refractivity contribution in [1.82, 2.24) is 20.4 Å². The van der Waals surface area contributed by atoms with Gasteiger partial charge in [0, 0.05) is 16.3 Å². The monoisotopic (exact) mass is 408 g/mol. The second-order valence-electron chi connectivity index (χ2n) is 5.97. The number of aryl methyl sites for hydroxylation is 1. The molecule has 27 heavy (non-hydrogen) atoms. The predicted molar refractivity (Wildman–Crippen MR) is 102 cm³/mol. The molecule has 1 aliphatic heterocycles. The molecule has 1 atom stereocenters. The maximum absolute atomic E-state index is 12.5. The fourth-order valence-corrected chi connectivity index (χ4v) is 3.49. The second kappa shape index (κ2) is 7.62. The Kier molecular flexibility index (Phi) is 5.43. The largest absolute Gasteiger partial charge is 0.463 e. The first-order valence-electron chi connectivity index (χ1n) is 8.29. The Morgan fingerprint density at radius 2 is 1.93 bits per heavy atom. The van der Waals surface area contributed by atoms with E-state index in [2.05, 4.69) is 15.7 Å². The summed E-state index contributed by atoms with van der Waals surface area (Å²) >= 11 is 12.5. The van der Waals surface area contributed by atoms with Gasteiger partial charge in [0.15, 0.2) is 0 Å². The number of esters is 1. The molecule has 7 nitrogen and oxygen atoms in total. The maximum Gasteiger partial charge on any atom is 0.338 e. The molecule has 0 saturated carbocycles. The first-order chi connectivity index (χ1) is 12.8. The molecule has 0 fully saturated rings. The van der Waals surface area contributed by atoms with Crippen LogP contribution < -0.4 is 10.6 Å². The lowest BCUT2D eigenvalue weighted by molar-refractivity contribution is -0.139. The Bertz CT molecular complexity index is 935. The number of aromatic nitrogens is 2. The van der Waals surface area contributed by atoms with Crippen LogP contribution in [0.25, 0.3) is 5.69 Å². The molecular weight excluding hydrogens is 391 g/mol. The van der Waals surface area contributed by atoms with Crippen LogP contribution in [0.4, 0.5) is 4.79 Å². The Morgan fingerprint density at radius 1 is 1.26 bits per heavy atom. The third-order valence-corrected chi connectivity index (χ3v) is 4.79. The number of urea groups is 1. The molecule has 0 spiro atoms. The quantitative estimate of drug-likeness (QED) is 0.755. The van der Waals surface area contributed by atoms with Crippen LogP contribution in [0.3, 0.4) is 0 Å². The van der Waals surface area contributed by atoms with Crippen LogP contribution in [-0.2, 0) is 9.53 Å². The van der Waals surface area contributed by atoms with Crippen LogP contribution in [0.1, 0.15) is 31.1 Å². The van der Waals surface area contributed by atoms with E-state index in [-0.39, 0.29) is 17.3 Å². The van der Waals surface area contributed by atoms with Gasteiger partial charge in [0.05, 0.1) is 29.6 Å². The van der Waals surface area contributed by atoms with E-state index in [0.29, 0.717) is 27.7 Å². The van der Waals surface area contributed by atoms with Crippen molar-refractivity contribution in [1.29, 1.82) is 0 Å². The third-order valence-electron chi connectivity index (χ3n) is 4.17. The average Bonchev–Trinajstić information content (AvgIpc) is 2.89. The molecule has 2 heterocycles. The highest BCUT2D eigenvalue weighted by molar-refractivity contribution is 6.31. The van der Waals surface area contributed by atoms with Crippen molar-refractivity contribution in [2.75, 3.05) is 6.61 Å². The number of halogens is 2. The molecule has 2 aromatic rings. The van der Waals surface area contributed by atoms with Crippen molar-refractivity contribution >= 4 is 35.2 Å². The van der Waals surface area contributed by atoms with Crippen LogP contribution in [0.15, 0.2) is 35.5 Å². The summed E-state index contributed by atoms with van der Waals surface area (Å²) in [7, 11) is 0. The van der Waals surface area contributed by atoms with Gasteiger partial charge in [-0.25, -0.2) is 14.3 Å². The normalized spacial score (nSPS) is 16.8. The van der Waals surface area contributed by atoms with E-state index in [1.807, 2.05) is 0 Å². The van der Waals surface area contributed by atoms with Gasteiger partial charge in [-0.3, -0.25) is 0 Å². The van der Waals surface area contributed by atoms with Crippen molar-refractivity contribution in [3.63, 3.8) is 0 Å². The zero-order valence-corrected chi connectivity index (χ0v) is 16.5. The van der Waals surface area contributed by atoms with E-state index in [4.69, 9.17) is 27.9 Å². The third kappa shape index (κ3) is 3.65. The number of hydrogen-bond donors (Lipinski definition) is 2. The van der Waals surface area contributed by atoms with E-state index in [9.17, 15) is 9.59 Å². The molecule has 0 radical (unpaired) electrons. The second-order valence-corrected chi connectivity index (χ2v) is 6.76. The van der Waals surface area contributed by atoms with Crippen LogP contribution in [0.2, 0.25) is 10.2 Å². The molecule has 142 valence electrons. The molecule has 2 N–H and O–H groups in total. The summed E-state index contributed by atoms with van der Waals surface area (Å²) in [5.41, 5.74) is 2.52. The Morgan fingerprint density at radius 3 is 2.56 bits per heavy atom. The van der Waals surface area contributed by atoms with Gasteiger partial charge < -0.3 is 15.4 Å². The van der Waals surface area contributed by atoms with Crippen LogP contribution in [0.5, 0.6) is 0 Å². The fourth-order valence-electron chi connectivity index (χ4n) is 2.98. The van der Waals surface area contributed by atoms with Crippen LogP contribution in [-0.4, -0.2) is 28.4 Å². The van der Waals surface area contributed by atoms with Gasteiger partial charge in [0.2, 0.25) is 0 Å². The highest BCUT2D eigenvalue weighted by Crippen LogP contribution is 2.35. The SMILES string of the molecule is CCOC(=O)C1=C(C)NC(=O)NC1c1c(C)nn(-c2ccc(Cl)cc2)c1Cl. The van der Waals surface area contributed by atoms with Gasteiger partial charge in [0.1, 0.15) is 5.15 Å². The number of ether oxygens (including phenoxy) is 1. The molecule has 1 aromatic carbocycles. The fraction of sp³-hybridized carbons (Fsp3) is 0.278. The smallest absolute Gasteiger partial charge is 0.338 e. The minimum absolute atomic E-state index is 0.215. The van der Waals surface area contributed by atoms with Gasteiger partial charge in [0.25, 0.3) is 0 Å². The zero-order valence-electron chi connectivity index (χ0n) is 15.0. The lowest BCUT2D eigenvalue weighted by Crippen LogP contribution is -2.45. The van der Waals surface area contributed by atoms with E-state index >= 15 is 0 Å². The van der Waals surface area contributed by atoms with E-state index < -0.39 is 18.0 Å². The Labute approximate surface area is 166 Å². The van der Waals surface area contributed by atoms with Gasteiger partial charge in [-0.15, -0.1) is 0 Å². The van der Waals surface area contributed by atoms with Crippen molar-refractivity contribution in [3.05, 3.63) is 57.0 Å². The molecule has 3 rings (SSSR count). The summed E-state index contributed by atoms with van der Waals surface area (Å²) in [6, 6.07) is 5.80. The summed E-state index contributed by atoms with van der Waals surface area (Å²) in [4.78, 5) is 24.5. The number of carbonyl (C=O) groups is 2. The van der Waals surface area contributed by atoms with Crippen LogP contribution >= 0.6 is 23.2 Å². The predicted octanol–water partition coefficient (Wildman–Crippen LogP) is 3.68. The number of benzene rings is 1. The van der Waals surface area contributed by atoms with Gasteiger partial charge in [-0.05, 0) is 45.0 Å².